The molecule has 0 aliphatic carbocycles. The molecule has 2 amide bonds. The molecule has 0 spiro atoms. The minimum Gasteiger partial charge on any atom is -0.325 e. The van der Waals surface area contributed by atoms with E-state index in [-0.39, 0.29) is 24.9 Å². The second-order valence-electron chi connectivity index (χ2n) is 6.66. The number of likely N-dealkylation sites (N-methyl/N-ethyl adjacent to an activating group) is 1. The number of amides is 2. The number of carbonyl (C=O) groups is 2. The van der Waals surface area contributed by atoms with Crippen molar-refractivity contribution in [1.29, 1.82) is 0 Å². The molecule has 2 aromatic carbocycles. The molecule has 1 aliphatic rings. The van der Waals surface area contributed by atoms with Gasteiger partial charge in [-0.2, -0.15) is 0 Å². The Hall–Kier alpha value is -2.80. The smallest absolute Gasteiger partial charge is 0.238 e. The fourth-order valence-corrected chi connectivity index (χ4v) is 3.11. The van der Waals surface area contributed by atoms with Crippen LogP contribution in [0, 0.1) is 11.6 Å². The molecule has 0 saturated carbocycles. The van der Waals surface area contributed by atoms with Crippen molar-refractivity contribution < 1.29 is 18.4 Å². The predicted molar refractivity (Wildman–Crippen MR) is 99.4 cm³/mol. The minimum atomic E-state index is -0.634. The fourth-order valence-electron chi connectivity index (χ4n) is 3.11. The summed E-state index contributed by atoms with van der Waals surface area (Å²) in [7, 11) is 1.68. The van der Waals surface area contributed by atoms with E-state index >= 15 is 0 Å². The number of hydrogen-bond acceptors (Lipinski definition) is 3. The molecular formula is C20H21F2N3O2. The quantitative estimate of drug-likeness (QED) is 0.846. The highest BCUT2D eigenvalue weighted by Gasteiger charge is 2.21. The molecule has 0 bridgehead atoms. The topological polar surface area (TPSA) is 52.7 Å². The third-order valence-electron chi connectivity index (χ3n) is 4.38. The summed E-state index contributed by atoms with van der Waals surface area (Å²) < 4.78 is 26.7. The maximum Gasteiger partial charge on any atom is 0.238 e. The van der Waals surface area contributed by atoms with Crippen molar-refractivity contribution in [3.05, 3.63) is 59.7 Å². The van der Waals surface area contributed by atoms with Gasteiger partial charge >= 0.3 is 0 Å². The Balaban J connectivity index is 1.58. The second-order valence-corrected chi connectivity index (χ2v) is 6.66. The van der Waals surface area contributed by atoms with Gasteiger partial charge in [-0.1, -0.05) is 12.1 Å². The van der Waals surface area contributed by atoms with Gasteiger partial charge in [-0.3, -0.25) is 14.5 Å². The molecule has 1 saturated heterocycles. The lowest BCUT2D eigenvalue weighted by molar-refractivity contribution is -0.117. The van der Waals surface area contributed by atoms with Gasteiger partial charge < -0.3 is 10.2 Å². The van der Waals surface area contributed by atoms with Crippen LogP contribution < -0.4 is 10.2 Å². The number of nitrogens with one attached hydrogen (secondary N) is 1. The van der Waals surface area contributed by atoms with E-state index in [2.05, 4.69) is 5.32 Å². The first kappa shape index (κ1) is 19.0. The standard InChI is InChI=1S/C20H21F2N3O2/c1-24(12-14-7-8-15(21)10-18(14)22)13-19(26)23-16-4-2-5-17(11-16)25-9-3-6-20(25)27/h2,4-5,7-8,10-11H,3,6,9,12-13H2,1H3,(H,23,26). The van der Waals surface area contributed by atoms with Crippen LogP contribution in [0.5, 0.6) is 0 Å². The third kappa shape index (κ3) is 4.89. The van der Waals surface area contributed by atoms with Gasteiger partial charge in [0.2, 0.25) is 11.8 Å². The van der Waals surface area contributed by atoms with Crippen LogP contribution in [-0.2, 0) is 16.1 Å². The number of carbonyl (C=O) groups excluding carboxylic acids is 2. The van der Waals surface area contributed by atoms with Crippen LogP contribution in [0.2, 0.25) is 0 Å². The zero-order valence-corrected chi connectivity index (χ0v) is 15.0. The summed E-state index contributed by atoms with van der Waals surface area (Å²) in [6, 6.07) is 10.5. The lowest BCUT2D eigenvalue weighted by Gasteiger charge is -2.18. The highest BCUT2D eigenvalue weighted by Crippen LogP contribution is 2.24. The van der Waals surface area contributed by atoms with Crippen LogP contribution in [0.1, 0.15) is 18.4 Å². The number of nitrogens with zero attached hydrogens (tertiary/aromatic N) is 2. The average Bonchev–Trinajstić information content (AvgIpc) is 3.03. The molecule has 7 heteroatoms. The first-order valence-electron chi connectivity index (χ1n) is 8.75. The van der Waals surface area contributed by atoms with Crippen molar-refractivity contribution >= 4 is 23.2 Å². The second kappa shape index (κ2) is 8.26. The maximum atomic E-state index is 13.7. The van der Waals surface area contributed by atoms with Crippen molar-refractivity contribution in [2.24, 2.45) is 0 Å². The Morgan fingerprint density at radius 1 is 1.22 bits per heavy atom. The Morgan fingerprint density at radius 3 is 2.74 bits per heavy atom. The van der Waals surface area contributed by atoms with Gasteiger partial charge in [0.15, 0.2) is 0 Å². The summed E-state index contributed by atoms with van der Waals surface area (Å²) in [5, 5.41) is 2.79. The summed E-state index contributed by atoms with van der Waals surface area (Å²) in [5.74, 6) is -1.44. The van der Waals surface area contributed by atoms with E-state index in [4.69, 9.17) is 0 Å². The summed E-state index contributed by atoms with van der Waals surface area (Å²) in [5.41, 5.74) is 1.68. The minimum absolute atomic E-state index is 0.0453. The van der Waals surface area contributed by atoms with Gasteiger partial charge in [0, 0.05) is 42.5 Å². The molecule has 0 aromatic heterocycles. The van der Waals surface area contributed by atoms with E-state index in [1.54, 1.807) is 35.0 Å². The van der Waals surface area contributed by atoms with Crippen molar-refractivity contribution in [3.8, 4) is 0 Å². The average molecular weight is 373 g/mol. The van der Waals surface area contributed by atoms with E-state index in [0.29, 0.717) is 24.2 Å². The van der Waals surface area contributed by atoms with Crippen LogP contribution >= 0.6 is 0 Å². The molecule has 27 heavy (non-hydrogen) atoms. The molecule has 3 rings (SSSR count). The monoisotopic (exact) mass is 373 g/mol. The number of halogens is 2. The molecule has 1 heterocycles. The number of rotatable bonds is 6. The Kier molecular flexibility index (Phi) is 5.81. The lowest BCUT2D eigenvalue weighted by Crippen LogP contribution is -2.30. The van der Waals surface area contributed by atoms with Gasteiger partial charge in [-0.05, 0) is 37.7 Å². The molecule has 0 unspecified atom stereocenters. The van der Waals surface area contributed by atoms with Gasteiger partial charge in [0.1, 0.15) is 11.6 Å². The molecule has 0 radical (unpaired) electrons. The van der Waals surface area contributed by atoms with Crippen LogP contribution in [0.15, 0.2) is 42.5 Å². The van der Waals surface area contributed by atoms with Crippen LogP contribution in [0.4, 0.5) is 20.2 Å². The van der Waals surface area contributed by atoms with Crippen molar-refractivity contribution in [2.75, 3.05) is 30.4 Å². The first-order chi connectivity index (χ1) is 12.9. The Bertz CT molecular complexity index is 857. The maximum absolute atomic E-state index is 13.7. The van der Waals surface area contributed by atoms with E-state index in [9.17, 15) is 18.4 Å². The molecule has 1 aliphatic heterocycles. The SMILES string of the molecule is CN(CC(=O)Nc1cccc(N2CCCC2=O)c1)Cc1ccc(F)cc1F. The number of anilines is 2. The fraction of sp³-hybridized carbons (Fsp3) is 0.300. The summed E-state index contributed by atoms with van der Waals surface area (Å²) >= 11 is 0. The Morgan fingerprint density at radius 2 is 2.04 bits per heavy atom. The van der Waals surface area contributed by atoms with Gasteiger partial charge in [-0.15, -0.1) is 0 Å². The number of hydrogen-bond donors (Lipinski definition) is 1. The van der Waals surface area contributed by atoms with E-state index < -0.39 is 11.6 Å². The summed E-state index contributed by atoms with van der Waals surface area (Å²) in [4.78, 5) is 27.5. The molecule has 0 atom stereocenters. The van der Waals surface area contributed by atoms with Gasteiger partial charge in [0.25, 0.3) is 0 Å². The molecule has 142 valence electrons. The molecule has 2 aromatic rings. The highest BCUT2D eigenvalue weighted by atomic mass is 19.1. The Labute approximate surface area is 156 Å². The zero-order chi connectivity index (χ0) is 19.4. The van der Waals surface area contributed by atoms with E-state index in [1.807, 2.05) is 6.07 Å². The molecular weight excluding hydrogens is 352 g/mol. The summed E-state index contributed by atoms with van der Waals surface area (Å²) in [6.45, 7) is 0.910. The normalized spacial score (nSPS) is 14.1. The van der Waals surface area contributed by atoms with E-state index in [1.165, 1.54) is 12.1 Å². The van der Waals surface area contributed by atoms with Gasteiger partial charge in [-0.25, -0.2) is 8.78 Å². The van der Waals surface area contributed by atoms with Crippen molar-refractivity contribution in [3.63, 3.8) is 0 Å². The molecule has 5 nitrogen and oxygen atoms in total. The molecule has 1 fully saturated rings. The zero-order valence-electron chi connectivity index (χ0n) is 15.0. The van der Waals surface area contributed by atoms with E-state index in [0.717, 1.165) is 18.2 Å². The third-order valence-corrected chi connectivity index (χ3v) is 4.38. The number of benzene rings is 2. The van der Waals surface area contributed by atoms with Crippen molar-refractivity contribution in [1.82, 2.24) is 4.90 Å². The lowest BCUT2D eigenvalue weighted by atomic mass is 10.2. The van der Waals surface area contributed by atoms with Crippen LogP contribution in [0.25, 0.3) is 0 Å². The van der Waals surface area contributed by atoms with Crippen LogP contribution in [0.3, 0.4) is 0 Å². The highest BCUT2D eigenvalue weighted by molar-refractivity contribution is 5.97. The first-order valence-corrected chi connectivity index (χ1v) is 8.75. The van der Waals surface area contributed by atoms with Crippen LogP contribution in [-0.4, -0.2) is 36.9 Å². The summed E-state index contributed by atoms with van der Waals surface area (Å²) in [6.07, 6.45) is 1.38. The largest absolute Gasteiger partial charge is 0.325 e. The predicted octanol–water partition coefficient (Wildman–Crippen LogP) is 3.16. The molecule has 1 N–H and O–H groups in total. The van der Waals surface area contributed by atoms with Gasteiger partial charge in [0.05, 0.1) is 6.54 Å². The van der Waals surface area contributed by atoms with Crippen molar-refractivity contribution in [2.45, 2.75) is 19.4 Å².